The third kappa shape index (κ3) is 4.04. The van der Waals surface area contributed by atoms with Crippen LogP contribution in [0.4, 0.5) is 4.79 Å². The zero-order chi connectivity index (χ0) is 21.0. The van der Waals surface area contributed by atoms with E-state index in [0.717, 1.165) is 0 Å². The molecule has 0 aliphatic carbocycles. The summed E-state index contributed by atoms with van der Waals surface area (Å²) in [7, 11) is 0. The van der Waals surface area contributed by atoms with Gasteiger partial charge in [-0.05, 0) is 24.1 Å². The molecular weight excluding hydrogens is 400 g/mol. The second kappa shape index (κ2) is 8.27. The molecule has 150 valence electrons. The molecule has 9 nitrogen and oxygen atoms in total. The third-order valence-electron chi connectivity index (χ3n) is 4.39. The third-order valence-corrected chi connectivity index (χ3v) is 4.63. The number of carbonyl (C=O) groups excluding carboxylic acids is 4. The number of benzene rings is 1. The van der Waals surface area contributed by atoms with Gasteiger partial charge < -0.3 is 10.1 Å². The molecule has 1 aliphatic rings. The van der Waals surface area contributed by atoms with Gasteiger partial charge in [0.2, 0.25) is 0 Å². The fourth-order valence-corrected chi connectivity index (χ4v) is 3.08. The Bertz CT molecular complexity index is 968. The quantitative estimate of drug-likeness (QED) is 0.547. The average molecular weight is 417 g/mol. The molecule has 2 heterocycles. The predicted molar refractivity (Wildman–Crippen MR) is 101 cm³/mol. The number of rotatable bonds is 6. The van der Waals surface area contributed by atoms with Gasteiger partial charge in [0, 0.05) is 11.2 Å². The molecule has 2 N–H and O–H groups in total. The first-order valence-corrected chi connectivity index (χ1v) is 9.05. The van der Waals surface area contributed by atoms with E-state index in [9.17, 15) is 19.2 Å². The van der Waals surface area contributed by atoms with Crippen molar-refractivity contribution >= 4 is 35.4 Å². The van der Waals surface area contributed by atoms with E-state index in [0.29, 0.717) is 10.6 Å². The molecular formula is C19H17ClN4O5. The van der Waals surface area contributed by atoms with Crippen LogP contribution in [0.3, 0.4) is 0 Å². The Morgan fingerprint density at radius 1 is 1.24 bits per heavy atom. The maximum Gasteiger partial charge on any atom is 0.357 e. The SMILES string of the molecule is CC[C@@]1(c2ccccc2)NC(=O)N(NC(=O)COC(=O)c2cc(Cl)ccn2)C1=O. The van der Waals surface area contributed by atoms with Gasteiger partial charge in [-0.25, -0.2) is 14.6 Å². The Balaban J connectivity index is 1.65. The summed E-state index contributed by atoms with van der Waals surface area (Å²) >= 11 is 5.77. The van der Waals surface area contributed by atoms with E-state index in [2.05, 4.69) is 15.7 Å². The number of aromatic nitrogens is 1. The van der Waals surface area contributed by atoms with Gasteiger partial charge in [-0.3, -0.25) is 15.0 Å². The minimum Gasteiger partial charge on any atom is -0.451 e. The van der Waals surface area contributed by atoms with Crippen LogP contribution in [-0.4, -0.2) is 40.4 Å². The number of imide groups is 1. The molecule has 0 spiro atoms. The van der Waals surface area contributed by atoms with E-state index in [-0.39, 0.29) is 17.1 Å². The Hall–Kier alpha value is -3.46. The van der Waals surface area contributed by atoms with Crippen molar-refractivity contribution < 1.29 is 23.9 Å². The average Bonchev–Trinajstić information content (AvgIpc) is 2.97. The first-order valence-electron chi connectivity index (χ1n) is 8.68. The zero-order valence-corrected chi connectivity index (χ0v) is 16.1. The zero-order valence-electron chi connectivity index (χ0n) is 15.3. The molecule has 1 aromatic heterocycles. The van der Waals surface area contributed by atoms with E-state index >= 15 is 0 Å². The standard InChI is InChI=1S/C19H17ClN4O5/c1-2-19(12-6-4-3-5-7-12)17(27)24(18(28)22-19)23-15(25)11-29-16(26)14-10-13(20)8-9-21-14/h3-10H,2,11H2,1H3,(H,22,28)(H,23,25)/t19-/m0/s1. The molecule has 1 fully saturated rings. The van der Waals surface area contributed by atoms with Crippen molar-refractivity contribution in [3.63, 3.8) is 0 Å². The topological polar surface area (TPSA) is 118 Å². The Labute approximate surface area is 171 Å². The second-order valence-corrected chi connectivity index (χ2v) is 6.60. The molecule has 1 saturated heterocycles. The van der Waals surface area contributed by atoms with E-state index in [1.807, 2.05) is 0 Å². The summed E-state index contributed by atoms with van der Waals surface area (Å²) in [6, 6.07) is 10.7. The van der Waals surface area contributed by atoms with Gasteiger partial charge in [-0.2, -0.15) is 5.01 Å². The normalized spacial score (nSPS) is 18.3. The van der Waals surface area contributed by atoms with Crippen molar-refractivity contribution in [3.05, 3.63) is 64.9 Å². The lowest BCUT2D eigenvalue weighted by molar-refractivity contribution is -0.140. The van der Waals surface area contributed by atoms with Crippen LogP contribution in [0.5, 0.6) is 0 Å². The number of hydrogen-bond donors (Lipinski definition) is 2. The van der Waals surface area contributed by atoms with Crippen LogP contribution in [0, 0.1) is 0 Å². The molecule has 2 aromatic rings. The van der Waals surface area contributed by atoms with Crippen molar-refractivity contribution in [3.8, 4) is 0 Å². The molecule has 10 heteroatoms. The summed E-state index contributed by atoms with van der Waals surface area (Å²) in [5.74, 6) is -2.36. The lowest BCUT2D eigenvalue weighted by Crippen LogP contribution is -2.49. The smallest absolute Gasteiger partial charge is 0.357 e. The molecule has 3 rings (SSSR count). The summed E-state index contributed by atoms with van der Waals surface area (Å²) < 4.78 is 4.85. The highest BCUT2D eigenvalue weighted by atomic mass is 35.5. The van der Waals surface area contributed by atoms with E-state index in [1.54, 1.807) is 37.3 Å². The Kier molecular flexibility index (Phi) is 5.79. The number of hydrogen-bond acceptors (Lipinski definition) is 6. The Morgan fingerprint density at radius 3 is 2.62 bits per heavy atom. The van der Waals surface area contributed by atoms with E-state index in [4.69, 9.17) is 16.3 Å². The van der Waals surface area contributed by atoms with Crippen molar-refractivity contribution in [1.82, 2.24) is 20.7 Å². The van der Waals surface area contributed by atoms with Crippen molar-refractivity contribution in [2.24, 2.45) is 0 Å². The summed E-state index contributed by atoms with van der Waals surface area (Å²) in [5.41, 5.74) is 1.40. The van der Waals surface area contributed by atoms with Crippen LogP contribution in [0.1, 0.15) is 29.4 Å². The number of esters is 1. The molecule has 0 unspecified atom stereocenters. The highest BCUT2D eigenvalue weighted by Crippen LogP contribution is 2.31. The molecule has 1 atom stereocenters. The number of carbonyl (C=O) groups is 4. The number of nitrogens with zero attached hydrogens (tertiary/aromatic N) is 2. The number of nitrogens with one attached hydrogen (secondary N) is 2. The number of hydrazine groups is 1. The molecule has 4 amide bonds. The lowest BCUT2D eigenvalue weighted by Gasteiger charge is -2.25. The predicted octanol–water partition coefficient (Wildman–Crippen LogP) is 1.78. The minimum absolute atomic E-state index is 0.0747. The van der Waals surface area contributed by atoms with Crippen LogP contribution in [0.2, 0.25) is 5.02 Å². The summed E-state index contributed by atoms with van der Waals surface area (Å²) in [6.07, 6.45) is 1.60. The number of amides is 4. The summed E-state index contributed by atoms with van der Waals surface area (Å²) in [5, 5.41) is 3.50. The van der Waals surface area contributed by atoms with Gasteiger partial charge in [0.05, 0.1) is 0 Å². The van der Waals surface area contributed by atoms with Gasteiger partial charge in [-0.1, -0.05) is 48.9 Å². The number of pyridine rings is 1. The first-order chi connectivity index (χ1) is 13.9. The van der Waals surface area contributed by atoms with Crippen LogP contribution in [-0.2, 0) is 19.9 Å². The molecule has 0 radical (unpaired) electrons. The number of halogens is 1. The van der Waals surface area contributed by atoms with E-state index in [1.165, 1.54) is 18.3 Å². The van der Waals surface area contributed by atoms with E-state index < -0.39 is 36.0 Å². The number of urea groups is 1. The lowest BCUT2D eigenvalue weighted by atomic mass is 9.87. The molecule has 0 bridgehead atoms. The van der Waals surface area contributed by atoms with Crippen LogP contribution >= 0.6 is 11.6 Å². The summed E-state index contributed by atoms with van der Waals surface area (Å²) in [4.78, 5) is 53.0. The van der Waals surface area contributed by atoms with Crippen LogP contribution in [0.25, 0.3) is 0 Å². The maximum absolute atomic E-state index is 12.9. The van der Waals surface area contributed by atoms with Crippen molar-refractivity contribution in [1.29, 1.82) is 0 Å². The molecule has 1 aliphatic heterocycles. The van der Waals surface area contributed by atoms with Gasteiger partial charge in [0.1, 0.15) is 11.2 Å². The molecule has 1 aromatic carbocycles. The second-order valence-electron chi connectivity index (χ2n) is 6.17. The van der Waals surface area contributed by atoms with Gasteiger partial charge >= 0.3 is 12.0 Å². The molecule has 0 saturated carbocycles. The van der Waals surface area contributed by atoms with Crippen molar-refractivity contribution in [2.45, 2.75) is 18.9 Å². The monoisotopic (exact) mass is 416 g/mol. The highest BCUT2D eigenvalue weighted by molar-refractivity contribution is 6.30. The minimum atomic E-state index is -1.28. The maximum atomic E-state index is 12.9. The summed E-state index contributed by atoms with van der Waals surface area (Å²) in [6.45, 7) is 1.03. The molecule has 29 heavy (non-hydrogen) atoms. The van der Waals surface area contributed by atoms with Crippen molar-refractivity contribution in [2.75, 3.05) is 6.61 Å². The van der Waals surface area contributed by atoms with Gasteiger partial charge in [-0.15, -0.1) is 0 Å². The first kappa shape index (κ1) is 20.3. The van der Waals surface area contributed by atoms with Gasteiger partial charge in [0.15, 0.2) is 6.61 Å². The van der Waals surface area contributed by atoms with Crippen LogP contribution in [0.15, 0.2) is 48.7 Å². The highest BCUT2D eigenvalue weighted by Gasteiger charge is 2.52. The largest absolute Gasteiger partial charge is 0.451 e. The number of ether oxygens (including phenoxy) is 1. The fourth-order valence-electron chi connectivity index (χ4n) is 2.92. The fraction of sp³-hybridized carbons (Fsp3) is 0.211. The Morgan fingerprint density at radius 2 is 1.97 bits per heavy atom. The van der Waals surface area contributed by atoms with Gasteiger partial charge in [0.25, 0.3) is 11.8 Å². The van der Waals surface area contributed by atoms with Crippen LogP contribution < -0.4 is 10.7 Å².